The minimum atomic E-state index is 0.656. The average molecular weight is 188 g/mol. The first kappa shape index (κ1) is 8.87. The molecular formula is C10H12N4. The van der Waals surface area contributed by atoms with Crippen LogP contribution in [-0.4, -0.2) is 20.6 Å². The van der Waals surface area contributed by atoms with E-state index in [1.165, 1.54) is 11.1 Å². The maximum absolute atomic E-state index is 3.96. The number of nitrogens with zero attached hydrogens (tertiary/aromatic N) is 3. The number of nitrogens with one attached hydrogen (secondary N) is 1. The van der Waals surface area contributed by atoms with Crippen molar-refractivity contribution in [1.29, 1.82) is 0 Å². The van der Waals surface area contributed by atoms with Crippen molar-refractivity contribution in [1.82, 2.24) is 20.6 Å². The highest BCUT2D eigenvalue weighted by atomic mass is 15.5. The van der Waals surface area contributed by atoms with E-state index in [4.69, 9.17) is 0 Å². The van der Waals surface area contributed by atoms with Crippen LogP contribution in [0.25, 0.3) is 11.4 Å². The van der Waals surface area contributed by atoms with Gasteiger partial charge < -0.3 is 0 Å². The summed E-state index contributed by atoms with van der Waals surface area (Å²) in [6, 6.07) is 6.32. The fourth-order valence-corrected chi connectivity index (χ4v) is 1.48. The first-order valence-corrected chi connectivity index (χ1v) is 4.64. The number of benzene rings is 1. The van der Waals surface area contributed by atoms with Gasteiger partial charge in [-0.25, -0.2) is 0 Å². The van der Waals surface area contributed by atoms with E-state index >= 15 is 0 Å². The molecule has 0 aliphatic rings. The third-order valence-electron chi connectivity index (χ3n) is 2.15. The SMILES string of the molecule is CCc1cc(C)cc(-c2nn[nH]n2)c1. The molecule has 4 nitrogen and oxygen atoms in total. The molecule has 1 aromatic heterocycles. The Bertz CT molecular complexity index is 420. The topological polar surface area (TPSA) is 54.5 Å². The van der Waals surface area contributed by atoms with E-state index in [1.807, 2.05) is 0 Å². The minimum Gasteiger partial charge on any atom is -0.177 e. The van der Waals surface area contributed by atoms with Gasteiger partial charge in [0.05, 0.1) is 0 Å². The van der Waals surface area contributed by atoms with E-state index in [9.17, 15) is 0 Å². The molecule has 0 amide bonds. The molecule has 2 aromatic rings. The second kappa shape index (κ2) is 3.57. The fourth-order valence-electron chi connectivity index (χ4n) is 1.48. The number of tetrazole rings is 1. The van der Waals surface area contributed by atoms with Crippen LogP contribution in [-0.2, 0) is 6.42 Å². The molecule has 0 fully saturated rings. The van der Waals surface area contributed by atoms with Gasteiger partial charge in [-0.2, -0.15) is 5.21 Å². The zero-order chi connectivity index (χ0) is 9.97. The lowest BCUT2D eigenvalue weighted by Crippen LogP contribution is -1.87. The van der Waals surface area contributed by atoms with Gasteiger partial charge in [0.25, 0.3) is 0 Å². The quantitative estimate of drug-likeness (QED) is 0.781. The van der Waals surface area contributed by atoms with Crippen LogP contribution in [0.15, 0.2) is 18.2 Å². The Morgan fingerprint density at radius 2 is 2.14 bits per heavy atom. The molecular weight excluding hydrogens is 176 g/mol. The van der Waals surface area contributed by atoms with Crippen molar-refractivity contribution in [2.45, 2.75) is 20.3 Å². The largest absolute Gasteiger partial charge is 0.204 e. The number of rotatable bonds is 2. The summed E-state index contributed by atoms with van der Waals surface area (Å²) in [7, 11) is 0. The number of H-pyrrole nitrogens is 1. The molecule has 0 aliphatic carbocycles. The third-order valence-corrected chi connectivity index (χ3v) is 2.15. The molecule has 1 N–H and O–H groups in total. The predicted molar refractivity (Wildman–Crippen MR) is 53.7 cm³/mol. The molecule has 0 unspecified atom stereocenters. The van der Waals surface area contributed by atoms with Crippen LogP contribution >= 0.6 is 0 Å². The second-order valence-electron chi connectivity index (χ2n) is 3.30. The number of hydrogen-bond donors (Lipinski definition) is 1. The summed E-state index contributed by atoms with van der Waals surface area (Å²) >= 11 is 0. The monoisotopic (exact) mass is 188 g/mol. The van der Waals surface area contributed by atoms with Gasteiger partial charge in [-0.1, -0.05) is 18.6 Å². The molecule has 0 atom stereocenters. The lowest BCUT2D eigenvalue weighted by atomic mass is 10.0. The predicted octanol–water partition coefficient (Wildman–Crippen LogP) is 1.74. The van der Waals surface area contributed by atoms with Gasteiger partial charge in [-0.3, -0.25) is 0 Å². The summed E-state index contributed by atoms with van der Waals surface area (Å²) in [5.41, 5.74) is 3.55. The number of aryl methyl sites for hydroxylation is 2. The maximum Gasteiger partial charge on any atom is 0.204 e. The van der Waals surface area contributed by atoms with Crippen molar-refractivity contribution >= 4 is 0 Å². The molecule has 0 bridgehead atoms. The fraction of sp³-hybridized carbons (Fsp3) is 0.300. The molecule has 4 heteroatoms. The highest BCUT2D eigenvalue weighted by molar-refractivity contribution is 5.56. The zero-order valence-electron chi connectivity index (χ0n) is 8.28. The molecule has 0 radical (unpaired) electrons. The Morgan fingerprint density at radius 1 is 1.29 bits per heavy atom. The van der Waals surface area contributed by atoms with Crippen LogP contribution in [0, 0.1) is 6.92 Å². The van der Waals surface area contributed by atoms with Crippen molar-refractivity contribution in [2.75, 3.05) is 0 Å². The van der Waals surface area contributed by atoms with Crippen molar-refractivity contribution < 1.29 is 0 Å². The number of hydrogen-bond acceptors (Lipinski definition) is 3. The van der Waals surface area contributed by atoms with Crippen LogP contribution in [0.4, 0.5) is 0 Å². The van der Waals surface area contributed by atoms with Crippen molar-refractivity contribution in [3.8, 4) is 11.4 Å². The Kier molecular flexibility index (Phi) is 2.26. The lowest BCUT2D eigenvalue weighted by molar-refractivity contribution is 0.881. The normalized spacial score (nSPS) is 10.4. The molecule has 72 valence electrons. The summed E-state index contributed by atoms with van der Waals surface area (Å²) in [5.74, 6) is 0.656. The number of aromatic nitrogens is 4. The zero-order valence-corrected chi connectivity index (χ0v) is 8.28. The van der Waals surface area contributed by atoms with Crippen LogP contribution in [0.3, 0.4) is 0 Å². The lowest BCUT2D eigenvalue weighted by Gasteiger charge is -2.02. The molecule has 2 rings (SSSR count). The van der Waals surface area contributed by atoms with Gasteiger partial charge >= 0.3 is 0 Å². The summed E-state index contributed by atoms with van der Waals surface area (Å²) in [6.45, 7) is 4.21. The van der Waals surface area contributed by atoms with Crippen LogP contribution in [0.1, 0.15) is 18.1 Å². The van der Waals surface area contributed by atoms with E-state index < -0.39 is 0 Å². The summed E-state index contributed by atoms with van der Waals surface area (Å²) in [4.78, 5) is 0. The van der Waals surface area contributed by atoms with Crippen molar-refractivity contribution in [2.24, 2.45) is 0 Å². The summed E-state index contributed by atoms with van der Waals surface area (Å²) in [5, 5.41) is 13.9. The van der Waals surface area contributed by atoms with Crippen LogP contribution in [0.2, 0.25) is 0 Å². The first-order valence-electron chi connectivity index (χ1n) is 4.64. The average Bonchev–Trinajstić information content (AvgIpc) is 2.69. The maximum atomic E-state index is 3.96. The Morgan fingerprint density at radius 3 is 2.79 bits per heavy atom. The summed E-state index contributed by atoms with van der Waals surface area (Å²) < 4.78 is 0. The van der Waals surface area contributed by atoms with Crippen LogP contribution < -0.4 is 0 Å². The van der Waals surface area contributed by atoms with E-state index in [2.05, 4.69) is 52.7 Å². The highest BCUT2D eigenvalue weighted by Crippen LogP contribution is 2.17. The summed E-state index contributed by atoms with van der Waals surface area (Å²) in [6.07, 6.45) is 1.02. The number of aromatic amines is 1. The van der Waals surface area contributed by atoms with Gasteiger partial charge in [0, 0.05) is 5.56 Å². The van der Waals surface area contributed by atoms with Crippen LogP contribution in [0.5, 0.6) is 0 Å². The Labute approximate surface area is 82.4 Å². The smallest absolute Gasteiger partial charge is 0.177 e. The van der Waals surface area contributed by atoms with Gasteiger partial charge in [0.2, 0.25) is 5.82 Å². The molecule has 0 spiro atoms. The third kappa shape index (κ3) is 1.64. The molecule has 0 saturated heterocycles. The minimum absolute atomic E-state index is 0.656. The second-order valence-corrected chi connectivity index (χ2v) is 3.30. The van der Waals surface area contributed by atoms with E-state index in [0.717, 1.165) is 12.0 Å². The molecule has 1 aromatic carbocycles. The molecule has 0 aliphatic heterocycles. The van der Waals surface area contributed by atoms with Gasteiger partial charge in [0.1, 0.15) is 0 Å². The standard InChI is InChI=1S/C10H12N4/c1-3-8-4-7(2)5-9(6-8)10-11-13-14-12-10/h4-6H,3H2,1-2H3,(H,11,12,13,14). The molecule has 14 heavy (non-hydrogen) atoms. The molecule has 1 heterocycles. The van der Waals surface area contributed by atoms with E-state index in [-0.39, 0.29) is 0 Å². The Balaban J connectivity index is 2.48. The van der Waals surface area contributed by atoms with E-state index in [1.54, 1.807) is 0 Å². The Hall–Kier alpha value is -1.71. The first-order chi connectivity index (χ1) is 6.79. The van der Waals surface area contributed by atoms with Crippen molar-refractivity contribution in [3.05, 3.63) is 29.3 Å². The van der Waals surface area contributed by atoms with Crippen molar-refractivity contribution in [3.63, 3.8) is 0 Å². The van der Waals surface area contributed by atoms with E-state index in [0.29, 0.717) is 5.82 Å². The highest BCUT2D eigenvalue weighted by Gasteiger charge is 2.04. The van der Waals surface area contributed by atoms with Gasteiger partial charge in [-0.15, -0.1) is 10.2 Å². The van der Waals surface area contributed by atoms with Gasteiger partial charge in [0.15, 0.2) is 0 Å². The molecule has 0 saturated carbocycles. The van der Waals surface area contributed by atoms with Gasteiger partial charge in [-0.05, 0) is 36.3 Å².